The smallest absolute Gasteiger partial charge is 0.254 e. The van der Waals surface area contributed by atoms with Crippen molar-refractivity contribution in [2.45, 2.75) is 65.0 Å². The van der Waals surface area contributed by atoms with Crippen LogP contribution < -0.4 is 10.1 Å². The fourth-order valence-electron chi connectivity index (χ4n) is 3.60. The molecule has 0 spiro atoms. The van der Waals surface area contributed by atoms with Crippen LogP contribution in [0.15, 0.2) is 18.2 Å². The molecule has 0 aromatic heterocycles. The summed E-state index contributed by atoms with van der Waals surface area (Å²) in [4.78, 5) is 15.5. The zero-order valence-corrected chi connectivity index (χ0v) is 18.8. The van der Waals surface area contributed by atoms with E-state index in [1.54, 1.807) is 7.11 Å². The lowest BCUT2D eigenvalue weighted by molar-refractivity contribution is 0.0573. The highest BCUT2D eigenvalue weighted by atomic mass is 35.5. The predicted molar refractivity (Wildman–Crippen MR) is 117 cm³/mol. The summed E-state index contributed by atoms with van der Waals surface area (Å²) in [7, 11) is 1.69. The molecule has 0 saturated carbocycles. The molecule has 1 aliphatic heterocycles. The first-order valence-corrected chi connectivity index (χ1v) is 10.2. The van der Waals surface area contributed by atoms with Crippen molar-refractivity contribution in [3.8, 4) is 5.75 Å². The van der Waals surface area contributed by atoms with E-state index in [4.69, 9.17) is 9.47 Å². The summed E-state index contributed by atoms with van der Waals surface area (Å²) in [6, 6.07) is 6.39. The molecule has 0 bridgehead atoms. The number of nitrogens with zero attached hydrogens (tertiary/aromatic N) is 1. The Balaban J connectivity index is 0.00000392. The van der Waals surface area contributed by atoms with Gasteiger partial charge in [0.15, 0.2) is 0 Å². The number of amides is 1. The summed E-state index contributed by atoms with van der Waals surface area (Å²) >= 11 is 0. The van der Waals surface area contributed by atoms with Crippen molar-refractivity contribution in [2.24, 2.45) is 0 Å². The van der Waals surface area contributed by atoms with Gasteiger partial charge in [0.05, 0.1) is 6.61 Å². The van der Waals surface area contributed by atoms with Crippen LogP contribution in [0.1, 0.15) is 68.8 Å². The Labute approximate surface area is 176 Å². The Kier molecular flexibility index (Phi) is 10.9. The SMILES string of the molecule is COCCCOc1cc(C(=O)N(C(C)C)[C@@H]2CCCNC2)cc(C(C)C)c1.Cl. The maximum absolute atomic E-state index is 13.4. The number of ether oxygens (including phenoxy) is 2. The second-order valence-electron chi connectivity index (χ2n) is 7.95. The Bertz CT molecular complexity index is 601. The molecule has 160 valence electrons. The number of methoxy groups -OCH3 is 1. The van der Waals surface area contributed by atoms with Crippen molar-refractivity contribution in [1.29, 1.82) is 0 Å². The van der Waals surface area contributed by atoms with Crippen LogP contribution in [0.25, 0.3) is 0 Å². The minimum Gasteiger partial charge on any atom is -0.493 e. The van der Waals surface area contributed by atoms with E-state index in [0.29, 0.717) is 19.1 Å². The third kappa shape index (κ3) is 6.94. The van der Waals surface area contributed by atoms with Gasteiger partial charge in [-0.05, 0) is 62.9 Å². The maximum atomic E-state index is 13.4. The number of halogens is 1. The minimum absolute atomic E-state index is 0. The van der Waals surface area contributed by atoms with Crippen molar-refractivity contribution in [3.05, 3.63) is 29.3 Å². The first-order chi connectivity index (χ1) is 12.9. The number of hydrogen-bond donors (Lipinski definition) is 1. The van der Waals surface area contributed by atoms with E-state index < -0.39 is 0 Å². The Morgan fingerprint density at radius 1 is 1.21 bits per heavy atom. The molecule has 28 heavy (non-hydrogen) atoms. The number of nitrogens with one attached hydrogen (secondary N) is 1. The Hall–Kier alpha value is -1.30. The van der Waals surface area contributed by atoms with Gasteiger partial charge >= 0.3 is 0 Å². The average Bonchev–Trinajstić information content (AvgIpc) is 2.65. The summed E-state index contributed by atoms with van der Waals surface area (Å²) in [5, 5.41) is 3.43. The highest BCUT2D eigenvalue weighted by molar-refractivity contribution is 5.95. The van der Waals surface area contributed by atoms with Gasteiger partial charge in [-0.15, -0.1) is 12.4 Å². The third-order valence-electron chi connectivity index (χ3n) is 5.06. The lowest BCUT2D eigenvalue weighted by Crippen LogP contribution is -2.51. The molecule has 1 atom stereocenters. The molecule has 0 unspecified atom stereocenters. The summed E-state index contributed by atoms with van der Waals surface area (Å²) < 4.78 is 11.0. The summed E-state index contributed by atoms with van der Waals surface area (Å²) in [5.41, 5.74) is 1.86. The van der Waals surface area contributed by atoms with Crippen LogP contribution >= 0.6 is 12.4 Å². The van der Waals surface area contributed by atoms with Gasteiger partial charge in [0.25, 0.3) is 5.91 Å². The van der Waals surface area contributed by atoms with Crippen molar-refractivity contribution in [1.82, 2.24) is 10.2 Å². The predicted octanol–water partition coefficient (Wildman–Crippen LogP) is 4.25. The van der Waals surface area contributed by atoms with E-state index in [0.717, 1.165) is 49.2 Å². The molecule has 1 aliphatic rings. The fourth-order valence-corrected chi connectivity index (χ4v) is 3.60. The number of carbonyl (C=O) groups excluding carboxylic acids is 1. The van der Waals surface area contributed by atoms with Crippen LogP contribution in [0.3, 0.4) is 0 Å². The van der Waals surface area contributed by atoms with Gasteiger partial charge in [0, 0.05) is 44.3 Å². The van der Waals surface area contributed by atoms with Crippen LogP contribution in [-0.2, 0) is 4.74 Å². The second-order valence-corrected chi connectivity index (χ2v) is 7.95. The van der Waals surface area contributed by atoms with Crippen LogP contribution in [0.5, 0.6) is 5.75 Å². The van der Waals surface area contributed by atoms with Crippen LogP contribution in [0, 0.1) is 0 Å². The maximum Gasteiger partial charge on any atom is 0.254 e. The molecular weight excluding hydrogens is 376 g/mol. The Morgan fingerprint density at radius 2 is 1.96 bits per heavy atom. The van der Waals surface area contributed by atoms with Gasteiger partial charge in [-0.1, -0.05) is 13.8 Å². The van der Waals surface area contributed by atoms with Crippen molar-refractivity contribution < 1.29 is 14.3 Å². The third-order valence-corrected chi connectivity index (χ3v) is 5.06. The number of benzene rings is 1. The lowest BCUT2D eigenvalue weighted by Gasteiger charge is -2.37. The molecule has 1 aromatic carbocycles. The molecule has 5 nitrogen and oxygen atoms in total. The van der Waals surface area contributed by atoms with Crippen LogP contribution in [-0.4, -0.2) is 56.3 Å². The summed E-state index contributed by atoms with van der Waals surface area (Å²) in [6.45, 7) is 11.6. The highest BCUT2D eigenvalue weighted by Crippen LogP contribution is 2.26. The number of piperidine rings is 1. The molecule has 6 heteroatoms. The van der Waals surface area contributed by atoms with Crippen LogP contribution in [0.2, 0.25) is 0 Å². The molecule has 1 N–H and O–H groups in total. The highest BCUT2D eigenvalue weighted by Gasteiger charge is 2.29. The van der Waals surface area contributed by atoms with E-state index >= 15 is 0 Å². The van der Waals surface area contributed by atoms with Gasteiger partial charge in [-0.2, -0.15) is 0 Å². The van der Waals surface area contributed by atoms with Gasteiger partial charge in [-0.3, -0.25) is 4.79 Å². The first-order valence-electron chi connectivity index (χ1n) is 10.2. The standard InChI is InChI=1S/C22H36N2O3.ClH/c1-16(2)18-12-19(14-21(13-18)27-11-7-10-26-5)22(25)24(17(3)4)20-8-6-9-23-15-20;/h12-14,16-17,20,23H,6-11,15H2,1-5H3;1H/t20-;/m1./s1. The first kappa shape index (κ1) is 24.7. The zero-order valence-electron chi connectivity index (χ0n) is 18.0. The molecule has 1 saturated heterocycles. The number of carbonyl (C=O) groups is 1. The second kappa shape index (κ2) is 12.3. The Morgan fingerprint density at radius 3 is 2.54 bits per heavy atom. The molecule has 1 fully saturated rings. The summed E-state index contributed by atoms with van der Waals surface area (Å²) in [6.07, 6.45) is 3.00. The van der Waals surface area contributed by atoms with E-state index in [-0.39, 0.29) is 30.4 Å². The fraction of sp³-hybridized carbons (Fsp3) is 0.682. The normalized spacial score (nSPS) is 16.8. The van der Waals surface area contributed by atoms with Crippen molar-refractivity contribution >= 4 is 18.3 Å². The molecule has 0 radical (unpaired) electrons. The quantitative estimate of drug-likeness (QED) is 0.616. The lowest BCUT2D eigenvalue weighted by atomic mass is 9.98. The molecule has 2 rings (SSSR count). The molecule has 0 aliphatic carbocycles. The zero-order chi connectivity index (χ0) is 19.8. The minimum atomic E-state index is 0. The van der Waals surface area contributed by atoms with Gasteiger partial charge in [0.1, 0.15) is 5.75 Å². The van der Waals surface area contributed by atoms with E-state index in [1.165, 1.54) is 0 Å². The monoisotopic (exact) mass is 412 g/mol. The van der Waals surface area contributed by atoms with Gasteiger partial charge in [0.2, 0.25) is 0 Å². The largest absolute Gasteiger partial charge is 0.493 e. The number of rotatable bonds is 9. The van der Waals surface area contributed by atoms with Gasteiger partial charge in [-0.25, -0.2) is 0 Å². The van der Waals surface area contributed by atoms with E-state index in [2.05, 4.69) is 39.1 Å². The molecule has 1 amide bonds. The van der Waals surface area contributed by atoms with Crippen molar-refractivity contribution in [3.63, 3.8) is 0 Å². The molecule has 1 heterocycles. The van der Waals surface area contributed by atoms with E-state index in [9.17, 15) is 4.79 Å². The number of hydrogen-bond acceptors (Lipinski definition) is 4. The molecular formula is C22H37ClN2O3. The topological polar surface area (TPSA) is 50.8 Å². The van der Waals surface area contributed by atoms with E-state index in [1.807, 2.05) is 17.0 Å². The average molecular weight is 413 g/mol. The van der Waals surface area contributed by atoms with Crippen LogP contribution in [0.4, 0.5) is 0 Å². The summed E-state index contributed by atoms with van der Waals surface area (Å²) in [5.74, 6) is 1.21. The van der Waals surface area contributed by atoms with Gasteiger partial charge < -0.3 is 19.7 Å². The van der Waals surface area contributed by atoms with Crippen molar-refractivity contribution in [2.75, 3.05) is 33.4 Å². The molecule has 1 aromatic rings.